The first-order chi connectivity index (χ1) is 4.66. The molecule has 0 rings (SSSR count). The minimum absolute atomic E-state index is 0. The van der Waals surface area contributed by atoms with Crippen LogP contribution in [0.3, 0.4) is 0 Å². The van der Waals surface area contributed by atoms with Gasteiger partial charge in [-0.1, -0.05) is 26.7 Å². The predicted molar refractivity (Wildman–Crippen MR) is 40.6 cm³/mol. The standard InChI is InChI=1S/C8H15O2.K/c1-3-7(2)5-4-6-8(9)10;/h6-7H,3-5H2,1-2H3,(H,9,10);/q-1;+1. The van der Waals surface area contributed by atoms with Gasteiger partial charge in [0.2, 0.25) is 0 Å². The van der Waals surface area contributed by atoms with E-state index in [0.29, 0.717) is 12.3 Å². The van der Waals surface area contributed by atoms with Gasteiger partial charge in [-0.25, -0.2) is 0 Å². The number of carboxylic acids is 1. The molecule has 0 aliphatic carbocycles. The van der Waals surface area contributed by atoms with Crippen molar-refractivity contribution in [3.8, 4) is 0 Å². The molecule has 0 fully saturated rings. The van der Waals surface area contributed by atoms with E-state index in [0.717, 1.165) is 12.8 Å². The van der Waals surface area contributed by atoms with E-state index in [2.05, 4.69) is 13.8 Å². The Hall–Kier alpha value is 0.976. The monoisotopic (exact) mass is 182 g/mol. The first-order valence-electron chi connectivity index (χ1n) is 3.73. The van der Waals surface area contributed by atoms with Gasteiger partial charge in [0.25, 0.3) is 0 Å². The third-order valence-electron chi connectivity index (χ3n) is 1.68. The van der Waals surface area contributed by atoms with Crippen molar-refractivity contribution >= 4 is 5.97 Å². The van der Waals surface area contributed by atoms with E-state index >= 15 is 0 Å². The van der Waals surface area contributed by atoms with Crippen LogP contribution in [0, 0.1) is 12.3 Å². The maximum atomic E-state index is 10.0. The van der Waals surface area contributed by atoms with E-state index in [9.17, 15) is 4.79 Å². The Bertz CT molecular complexity index is 104. The fourth-order valence-electron chi connectivity index (χ4n) is 0.695. The first kappa shape index (κ1) is 14.5. The van der Waals surface area contributed by atoms with Crippen molar-refractivity contribution in [3.63, 3.8) is 0 Å². The van der Waals surface area contributed by atoms with Crippen LogP contribution >= 0.6 is 0 Å². The minimum Gasteiger partial charge on any atom is -0.503 e. The van der Waals surface area contributed by atoms with Crippen molar-refractivity contribution in [2.75, 3.05) is 0 Å². The zero-order chi connectivity index (χ0) is 7.98. The normalized spacial score (nSPS) is 11.5. The molecule has 0 bridgehead atoms. The molecule has 1 atom stereocenters. The van der Waals surface area contributed by atoms with Crippen molar-refractivity contribution in [2.24, 2.45) is 5.92 Å². The molecule has 60 valence electrons. The summed E-state index contributed by atoms with van der Waals surface area (Å²) >= 11 is 0. The van der Waals surface area contributed by atoms with E-state index in [1.54, 1.807) is 0 Å². The molecule has 1 unspecified atom stereocenters. The maximum absolute atomic E-state index is 10.0. The third kappa shape index (κ3) is 11.0. The second-order valence-corrected chi connectivity index (χ2v) is 2.63. The van der Waals surface area contributed by atoms with Gasteiger partial charge in [-0.3, -0.25) is 11.2 Å². The summed E-state index contributed by atoms with van der Waals surface area (Å²) in [5, 5.41) is 8.24. The summed E-state index contributed by atoms with van der Waals surface area (Å²) in [6.45, 7) is 4.25. The van der Waals surface area contributed by atoms with Crippen LogP contribution in [0.25, 0.3) is 0 Å². The molecule has 3 heteroatoms. The molecular formula is C8H15KO2. The fraction of sp³-hybridized carbons (Fsp3) is 0.750. The van der Waals surface area contributed by atoms with E-state index in [1.807, 2.05) is 0 Å². The number of carbonyl (C=O) groups is 1. The Kier molecular flexibility index (Phi) is 12.0. The molecule has 0 amide bonds. The van der Waals surface area contributed by atoms with Gasteiger partial charge in [0, 0.05) is 0 Å². The van der Waals surface area contributed by atoms with Crippen LogP contribution in [0.2, 0.25) is 0 Å². The van der Waals surface area contributed by atoms with Crippen molar-refractivity contribution < 1.29 is 61.3 Å². The van der Waals surface area contributed by atoms with Crippen LogP contribution < -0.4 is 51.4 Å². The van der Waals surface area contributed by atoms with Crippen LogP contribution in [0.5, 0.6) is 0 Å². The Morgan fingerprint density at radius 1 is 1.64 bits per heavy atom. The van der Waals surface area contributed by atoms with Crippen LogP contribution in [-0.4, -0.2) is 11.1 Å². The summed E-state index contributed by atoms with van der Waals surface area (Å²) < 4.78 is 0. The van der Waals surface area contributed by atoms with Crippen LogP contribution in [0.4, 0.5) is 0 Å². The number of carboxylic acid groups (broad SMARTS) is 1. The van der Waals surface area contributed by atoms with Gasteiger partial charge in [-0.05, 0) is 5.92 Å². The van der Waals surface area contributed by atoms with Crippen molar-refractivity contribution in [1.82, 2.24) is 0 Å². The quantitative estimate of drug-likeness (QED) is 0.442. The smallest absolute Gasteiger partial charge is 0.503 e. The first-order valence-corrected chi connectivity index (χ1v) is 3.73. The van der Waals surface area contributed by atoms with Gasteiger partial charge in [0.15, 0.2) is 5.97 Å². The Morgan fingerprint density at radius 3 is 2.55 bits per heavy atom. The van der Waals surface area contributed by atoms with Gasteiger partial charge in [-0.2, -0.15) is 6.42 Å². The van der Waals surface area contributed by atoms with Gasteiger partial charge < -0.3 is 5.11 Å². The SMILES string of the molecule is CCC(C)CC[CH-]C(=O)O.[K+]. The molecule has 0 saturated carbocycles. The van der Waals surface area contributed by atoms with E-state index in [4.69, 9.17) is 5.11 Å². The predicted octanol–water partition coefficient (Wildman–Crippen LogP) is -0.894. The largest absolute Gasteiger partial charge is 1.00 e. The Labute approximate surface area is 111 Å². The van der Waals surface area contributed by atoms with Crippen LogP contribution in [-0.2, 0) is 4.79 Å². The summed E-state index contributed by atoms with van der Waals surface area (Å²) in [6.07, 6.45) is 4.15. The summed E-state index contributed by atoms with van der Waals surface area (Å²) in [5.41, 5.74) is 0. The number of hydrogen-bond donors (Lipinski definition) is 1. The van der Waals surface area contributed by atoms with Gasteiger partial charge in [0.05, 0.1) is 0 Å². The van der Waals surface area contributed by atoms with E-state index in [-0.39, 0.29) is 51.4 Å². The molecule has 0 aliphatic rings. The number of aliphatic carboxylic acids is 1. The zero-order valence-electron chi connectivity index (χ0n) is 7.63. The fourth-order valence-corrected chi connectivity index (χ4v) is 0.695. The molecule has 2 nitrogen and oxygen atoms in total. The molecule has 0 spiro atoms. The maximum Gasteiger partial charge on any atom is 1.00 e. The molecule has 11 heavy (non-hydrogen) atoms. The molecule has 0 saturated heterocycles. The average molecular weight is 182 g/mol. The molecule has 0 aromatic heterocycles. The Morgan fingerprint density at radius 2 is 2.18 bits per heavy atom. The molecule has 0 aliphatic heterocycles. The van der Waals surface area contributed by atoms with Crippen molar-refractivity contribution in [2.45, 2.75) is 33.1 Å². The molecular weight excluding hydrogens is 167 g/mol. The number of rotatable bonds is 5. The van der Waals surface area contributed by atoms with Gasteiger partial charge >= 0.3 is 51.4 Å². The average Bonchev–Trinajstić information content (AvgIpc) is 1.87. The van der Waals surface area contributed by atoms with Gasteiger partial charge in [0.1, 0.15) is 0 Å². The molecule has 0 radical (unpaired) electrons. The summed E-state index contributed by atoms with van der Waals surface area (Å²) in [6, 6.07) is 0. The summed E-state index contributed by atoms with van der Waals surface area (Å²) in [4.78, 5) is 10.0. The zero-order valence-corrected chi connectivity index (χ0v) is 10.8. The number of hydrogen-bond acceptors (Lipinski definition) is 1. The Balaban J connectivity index is 0. The van der Waals surface area contributed by atoms with Gasteiger partial charge in [-0.15, -0.1) is 0 Å². The molecule has 0 aromatic rings. The van der Waals surface area contributed by atoms with Crippen LogP contribution in [0.15, 0.2) is 0 Å². The minimum atomic E-state index is -0.802. The van der Waals surface area contributed by atoms with Crippen LogP contribution in [0.1, 0.15) is 33.1 Å². The second-order valence-electron chi connectivity index (χ2n) is 2.63. The second kappa shape index (κ2) is 9.07. The third-order valence-corrected chi connectivity index (χ3v) is 1.68. The topological polar surface area (TPSA) is 37.3 Å². The van der Waals surface area contributed by atoms with Crippen molar-refractivity contribution in [3.05, 3.63) is 6.42 Å². The van der Waals surface area contributed by atoms with E-state index in [1.165, 1.54) is 6.42 Å². The summed E-state index contributed by atoms with van der Waals surface area (Å²) in [5.74, 6) is -0.154. The molecule has 0 aromatic carbocycles. The molecule has 1 N–H and O–H groups in total. The van der Waals surface area contributed by atoms with E-state index < -0.39 is 5.97 Å². The summed E-state index contributed by atoms with van der Waals surface area (Å²) in [7, 11) is 0. The molecule has 0 heterocycles. The van der Waals surface area contributed by atoms with Crippen molar-refractivity contribution in [1.29, 1.82) is 0 Å².